The third-order valence-corrected chi connectivity index (χ3v) is 4.66. The standard InChI is InChI=1S/C16H29N3O/c1-3-13(2)19-9-8-16(18-19)12-20-11-15-7-5-4-6-14(15)10-17/h8-9,13-15H,3-7,10-12,17H2,1-2H3. The number of hydrogen-bond acceptors (Lipinski definition) is 3. The van der Waals surface area contributed by atoms with Crippen molar-refractivity contribution in [3.63, 3.8) is 0 Å². The van der Waals surface area contributed by atoms with Crippen LogP contribution in [0.4, 0.5) is 0 Å². The first-order valence-corrected chi connectivity index (χ1v) is 8.06. The monoisotopic (exact) mass is 279 g/mol. The summed E-state index contributed by atoms with van der Waals surface area (Å²) in [5.74, 6) is 1.30. The summed E-state index contributed by atoms with van der Waals surface area (Å²) < 4.78 is 7.92. The van der Waals surface area contributed by atoms with Crippen LogP contribution in [0.5, 0.6) is 0 Å². The molecule has 0 radical (unpaired) electrons. The van der Waals surface area contributed by atoms with Crippen LogP contribution in [-0.2, 0) is 11.3 Å². The molecule has 3 atom stereocenters. The van der Waals surface area contributed by atoms with Crippen LogP contribution in [0, 0.1) is 11.8 Å². The highest BCUT2D eigenvalue weighted by atomic mass is 16.5. The summed E-state index contributed by atoms with van der Waals surface area (Å²) in [6.45, 7) is 6.62. The molecule has 0 amide bonds. The molecule has 3 unspecified atom stereocenters. The molecule has 1 aliphatic carbocycles. The average Bonchev–Trinajstić information content (AvgIpc) is 2.96. The van der Waals surface area contributed by atoms with Gasteiger partial charge in [-0.2, -0.15) is 5.10 Å². The Morgan fingerprint density at radius 3 is 2.85 bits per heavy atom. The molecule has 0 aromatic carbocycles. The van der Waals surface area contributed by atoms with Crippen molar-refractivity contribution in [1.82, 2.24) is 9.78 Å². The summed E-state index contributed by atoms with van der Waals surface area (Å²) in [4.78, 5) is 0. The lowest BCUT2D eigenvalue weighted by Gasteiger charge is -2.30. The van der Waals surface area contributed by atoms with Gasteiger partial charge in [0.25, 0.3) is 0 Å². The number of nitrogens with two attached hydrogens (primary N) is 1. The van der Waals surface area contributed by atoms with E-state index in [9.17, 15) is 0 Å². The fourth-order valence-electron chi connectivity index (χ4n) is 3.02. The van der Waals surface area contributed by atoms with Crippen LogP contribution in [0.2, 0.25) is 0 Å². The fraction of sp³-hybridized carbons (Fsp3) is 0.812. The van der Waals surface area contributed by atoms with Crippen LogP contribution in [0.3, 0.4) is 0 Å². The summed E-state index contributed by atoms with van der Waals surface area (Å²) in [5, 5.41) is 4.57. The molecule has 20 heavy (non-hydrogen) atoms. The number of hydrogen-bond donors (Lipinski definition) is 1. The van der Waals surface area contributed by atoms with Crippen molar-refractivity contribution in [1.29, 1.82) is 0 Å². The zero-order valence-corrected chi connectivity index (χ0v) is 12.9. The van der Waals surface area contributed by atoms with Crippen LogP contribution >= 0.6 is 0 Å². The van der Waals surface area contributed by atoms with E-state index in [1.165, 1.54) is 25.7 Å². The van der Waals surface area contributed by atoms with E-state index in [-0.39, 0.29) is 0 Å². The smallest absolute Gasteiger partial charge is 0.0906 e. The lowest BCUT2D eigenvalue weighted by molar-refractivity contribution is 0.0494. The summed E-state index contributed by atoms with van der Waals surface area (Å²) in [7, 11) is 0. The Kier molecular flexibility index (Phi) is 6.05. The Hall–Kier alpha value is -0.870. The van der Waals surface area contributed by atoms with Crippen molar-refractivity contribution in [3.05, 3.63) is 18.0 Å². The van der Waals surface area contributed by atoms with E-state index in [1.54, 1.807) is 0 Å². The normalized spacial score (nSPS) is 24.8. The van der Waals surface area contributed by atoms with E-state index in [4.69, 9.17) is 10.5 Å². The van der Waals surface area contributed by atoms with Crippen molar-refractivity contribution >= 4 is 0 Å². The van der Waals surface area contributed by atoms with E-state index < -0.39 is 0 Å². The third kappa shape index (κ3) is 4.06. The third-order valence-electron chi connectivity index (χ3n) is 4.66. The summed E-state index contributed by atoms with van der Waals surface area (Å²) in [6.07, 6.45) is 8.35. The highest BCUT2D eigenvalue weighted by Crippen LogP contribution is 2.29. The summed E-state index contributed by atoms with van der Waals surface area (Å²) in [5.41, 5.74) is 6.89. The van der Waals surface area contributed by atoms with Crippen LogP contribution < -0.4 is 5.73 Å². The first-order valence-electron chi connectivity index (χ1n) is 8.06. The van der Waals surface area contributed by atoms with Crippen molar-refractivity contribution in [2.75, 3.05) is 13.2 Å². The van der Waals surface area contributed by atoms with Crippen LogP contribution in [0.25, 0.3) is 0 Å². The Bertz CT molecular complexity index is 391. The van der Waals surface area contributed by atoms with Crippen molar-refractivity contribution < 1.29 is 4.74 Å². The predicted octanol–water partition coefficient (Wildman–Crippen LogP) is 3.14. The van der Waals surface area contributed by atoms with Gasteiger partial charge in [0, 0.05) is 12.2 Å². The molecule has 1 fully saturated rings. The largest absolute Gasteiger partial charge is 0.375 e. The summed E-state index contributed by atoms with van der Waals surface area (Å²) in [6, 6.07) is 2.52. The number of nitrogens with zero attached hydrogens (tertiary/aromatic N) is 2. The van der Waals surface area contributed by atoms with Crippen LogP contribution in [-0.4, -0.2) is 22.9 Å². The number of rotatable bonds is 7. The minimum absolute atomic E-state index is 0.462. The number of aromatic nitrogens is 2. The lowest BCUT2D eigenvalue weighted by Crippen LogP contribution is -2.29. The van der Waals surface area contributed by atoms with Gasteiger partial charge in [0.1, 0.15) is 0 Å². The molecule has 2 N–H and O–H groups in total. The first-order chi connectivity index (χ1) is 9.74. The van der Waals surface area contributed by atoms with Crippen molar-refractivity contribution in [3.8, 4) is 0 Å². The molecule has 2 rings (SSSR count). The van der Waals surface area contributed by atoms with E-state index in [0.29, 0.717) is 24.5 Å². The van der Waals surface area contributed by atoms with Gasteiger partial charge in [-0.3, -0.25) is 4.68 Å². The highest BCUT2D eigenvalue weighted by molar-refractivity contribution is 4.98. The van der Waals surface area contributed by atoms with E-state index in [2.05, 4.69) is 31.2 Å². The second-order valence-corrected chi connectivity index (χ2v) is 6.10. The maximum Gasteiger partial charge on any atom is 0.0906 e. The Balaban J connectivity index is 1.76. The molecule has 0 bridgehead atoms. The molecule has 4 heteroatoms. The van der Waals surface area contributed by atoms with Gasteiger partial charge in [-0.1, -0.05) is 19.8 Å². The van der Waals surface area contributed by atoms with Gasteiger partial charge in [-0.25, -0.2) is 0 Å². The average molecular weight is 279 g/mol. The molecule has 1 aromatic heterocycles. The minimum atomic E-state index is 0.462. The van der Waals surface area contributed by atoms with E-state index in [1.807, 2.05) is 4.68 Å². The molecular formula is C16H29N3O. The van der Waals surface area contributed by atoms with Gasteiger partial charge < -0.3 is 10.5 Å². The van der Waals surface area contributed by atoms with Gasteiger partial charge in [-0.05, 0) is 50.6 Å². The predicted molar refractivity (Wildman–Crippen MR) is 81.4 cm³/mol. The van der Waals surface area contributed by atoms with Crippen molar-refractivity contribution in [2.24, 2.45) is 17.6 Å². The minimum Gasteiger partial charge on any atom is -0.375 e. The summed E-state index contributed by atoms with van der Waals surface area (Å²) >= 11 is 0. The molecule has 1 aliphatic rings. The zero-order chi connectivity index (χ0) is 14.4. The Morgan fingerprint density at radius 1 is 1.40 bits per heavy atom. The molecular weight excluding hydrogens is 250 g/mol. The van der Waals surface area contributed by atoms with Crippen molar-refractivity contribution in [2.45, 2.75) is 58.6 Å². The maximum absolute atomic E-state index is 5.89. The Morgan fingerprint density at radius 2 is 2.15 bits per heavy atom. The van der Waals surface area contributed by atoms with E-state index in [0.717, 1.165) is 25.3 Å². The molecule has 1 aromatic rings. The SMILES string of the molecule is CCC(C)n1ccc(COCC2CCCCC2CN)n1. The molecule has 0 aliphatic heterocycles. The van der Waals surface area contributed by atoms with Gasteiger partial charge in [0.15, 0.2) is 0 Å². The van der Waals surface area contributed by atoms with Gasteiger partial charge >= 0.3 is 0 Å². The van der Waals surface area contributed by atoms with Gasteiger partial charge in [-0.15, -0.1) is 0 Å². The topological polar surface area (TPSA) is 53.1 Å². The Labute approximate surface area is 122 Å². The van der Waals surface area contributed by atoms with Gasteiger partial charge in [0.05, 0.1) is 18.9 Å². The lowest BCUT2D eigenvalue weighted by atomic mass is 9.80. The first kappa shape index (κ1) is 15.5. The molecule has 0 saturated heterocycles. The second-order valence-electron chi connectivity index (χ2n) is 6.10. The second kappa shape index (κ2) is 7.79. The fourth-order valence-corrected chi connectivity index (χ4v) is 3.02. The molecule has 1 saturated carbocycles. The van der Waals surface area contributed by atoms with Crippen LogP contribution in [0.1, 0.15) is 57.7 Å². The highest BCUT2D eigenvalue weighted by Gasteiger charge is 2.23. The number of ether oxygens (including phenoxy) is 1. The molecule has 0 spiro atoms. The van der Waals surface area contributed by atoms with Gasteiger partial charge in [0.2, 0.25) is 0 Å². The quantitative estimate of drug-likeness (QED) is 0.834. The van der Waals surface area contributed by atoms with E-state index >= 15 is 0 Å². The maximum atomic E-state index is 5.89. The molecule has 1 heterocycles. The van der Waals surface area contributed by atoms with Crippen LogP contribution in [0.15, 0.2) is 12.3 Å². The molecule has 114 valence electrons. The molecule has 4 nitrogen and oxygen atoms in total. The zero-order valence-electron chi connectivity index (χ0n) is 12.9.